The van der Waals surface area contributed by atoms with Crippen LogP contribution in [0, 0.1) is 56.7 Å². The van der Waals surface area contributed by atoms with Crippen LogP contribution in [0.1, 0.15) is 99.3 Å². The number of aliphatic hydroxyl groups excluding tert-OH is 5. The molecule has 5 fully saturated rings. The van der Waals surface area contributed by atoms with Crippen LogP contribution in [0.5, 0.6) is 0 Å². The molecular weight excluding hydrogens is 576 g/mol. The predicted molar refractivity (Wildman–Crippen MR) is 167 cm³/mol. The van der Waals surface area contributed by atoms with Gasteiger partial charge in [-0.15, -0.1) is 0 Å². The van der Waals surface area contributed by atoms with Crippen LogP contribution in [0.25, 0.3) is 0 Å². The summed E-state index contributed by atoms with van der Waals surface area (Å²) in [6, 6.07) is 0. The summed E-state index contributed by atoms with van der Waals surface area (Å²) in [5, 5.41) is 62.8. The third kappa shape index (κ3) is 4.46. The van der Waals surface area contributed by atoms with E-state index in [9.17, 15) is 35.4 Å². The second-order valence-corrected chi connectivity index (χ2v) is 17.1. The van der Waals surface area contributed by atoms with Crippen molar-refractivity contribution in [3.63, 3.8) is 0 Å². The first kappa shape index (κ1) is 33.8. The minimum atomic E-state index is -1.51. The van der Waals surface area contributed by atoms with Gasteiger partial charge in [0.15, 0.2) is 6.29 Å². The van der Waals surface area contributed by atoms with Gasteiger partial charge in [0, 0.05) is 5.41 Å². The summed E-state index contributed by atoms with van der Waals surface area (Å²) in [4.78, 5) is 13.0. The van der Waals surface area contributed by atoms with E-state index in [1.165, 1.54) is 5.57 Å². The van der Waals surface area contributed by atoms with Gasteiger partial charge in [-0.05, 0) is 104 Å². The molecule has 4 saturated carbocycles. The molecule has 16 atom stereocenters. The maximum absolute atomic E-state index is 13.0. The molecule has 1 saturated heterocycles. The molecule has 2 unspecified atom stereocenters. The highest BCUT2D eigenvalue weighted by Crippen LogP contribution is 2.76. The molecule has 0 bridgehead atoms. The van der Waals surface area contributed by atoms with Crippen LogP contribution in [0.2, 0.25) is 0 Å². The Balaban J connectivity index is 1.32. The fraction of sp³-hybridized carbons (Fsp3) is 0.917. The summed E-state index contributed by atoms with van der Waals surface area (Å²) in [6.07, 6.45) is 2.91. The highest BCUT2D eigenvalue weighted by molar-refractivity contribution is 5.76. The average molecular weight is 635 g/mol. The number of aliphatic hydroxyl groups is 5. The lowest BCUT2D eigenvalue weighted by molar-refractivity contribution is -0.333. The molecule has 0 aromatic carbocycles. The number of carboxylic acids is 1. The van der Waals surface area contributed by atoms with Crippen molar-refractivity contribution in [2.75, 3.05) is 13.2 Å². The number of ether oxygens (including phenoxy) is 2. The number of fused-ring (bicyclic) bond motifs is 7. The van der Waals surface area contributed by atoms with E-state index >= 15 is 0 Å². The predicted octanol–water partition coefficient (Wildman–Crippen LogP) is 3.89. The smallest absolute Gasteiger partial charge is 0.310 e. The lowest BCUT2D eigenvalue weighted by Gasteiger charge is -2.71. The van der Waals surface area contributed by atoms with E-state index in [4.69, 9.17) is 9.47 Å². The molecule has 1 aliphatic heterocycles. The first-order valence-electron chi connectivity index (χ1n) is 17.6. The Bertz CT molecular complexity index is 1190. The number of hydrogen-bond donors (Lipinski definition) is 6. The zero-order chi connectivity index (χ0) is 32.9. The Morgan fingerprint density at radius 2 is 1.62 bits per heavy atom. The van der Waals surface area contributed by atoms with Gasteiger partial charge in [0.2, 0.25) is 0 Å². The number of aliphatic carboxylic acids is 1. The van der Waals surface area contributed by atoms with Crippen LogP contribution in [-0.4, -0.2) is 86.6 Å². The molecule has 0 radical (unpaired) electrons. The van der Waals surface area contributed by atoms with E-state index in [1.54, 1.807) is 0 Å². The number of rotatable bonds is 5. The summed E-state index contributed by atoms with van der Waals surface area (Å²) >= 11 is 0. The SMILES string of the molecule is C[C@H]1[C@H](C)CC[C@]2(C(=O)O)CC[C@]3(C)C(=CC[C@@H]4[C@@]5(C)CC[C@H](O[C@@H]6O[C@H](CO)[C@@H](O)[C@H](O)[C@H]6O)C(C)(CO)C5CC[C@]43C)[C@H]12. The molecule has 6 rings (SSSR count). The third-order valence-corrected chi connectivity index (χ3v) is 15.6. The van der Waals surface area contributed by atoms with Gasteiger partial charge < -0.3 is 40.1 Å². The molecule has 5 aliphatic carbocycles. The molecule has 0 amide bonds. The monoisotopic (exact) mass is 634 g/mol. The largest absolute Gasteiger partial charge is 0.481 e. The molecule has 9 nitrogen and oxygen atoms in total. The summed E-state index contributed by atoms with van der Waals surface area (Å²) in [7, 11) is 0. The zero-order valence-corrected chi connectivity index (χ0v) is 28.1. The van der Waals surface area contributed by atoms with Crippen molar-refractivity contribution in [3.05, 3.63) is 11.6 Å². The fourth-order valence-corrected chi connectivity index (χ4v) is 12.4. The van der Waals surface area contributed by atoms with Crippen LogP contribution < -0.4 is 0 Å². The number of carboxylic acid groups (broad SMARTS) is 1. The van der Waals surface area contributed by atoms with Crippen molar-refractivity contribution in [3.8, 4) is 0 Å². The van der Waals surface area contributed by atoms with Crippen molar-refractivity contribution < 1.29 is 44.9 Å². The van der Waals surface area contributed by atoms with Crippen molar-refractivity contribution in [2.45, 2.75) is 136 Å². The summed E-state index contributed by atoms with van der Waals surface area (Å²) in [6.45, 7) is 13.3. The standard InChI is InChI=1S/C36H58O9/c1-19-9-14-36(31(42)43)16-15-34(5)21(26(36)20(19)2)7-8-24-32(3)12-11-25(33(4,18-38)23(32)10-13-35(24,34)6)45-30-29(41)28(40)27(39)22(17-37)44-30/h7,19-20,22-30,37-41H,8-18H2,1-6H3,(H,42,43)/t19-,20+,22-,23?,24-,25+,26+,27-,28+,29-,30+,32+,33?,34-,35-,36+/m1/s1. The lowest BCUT2D eigenvalue weighted by atomic mass is 9.33. The van der Waals surface area contributed by atoms with Crippen LogP contribution >= 0.6 is 0 Å². The van der Waals surface area contributed by atoms with E-state index in [-0.39, 0.29) is 34.7 Å². The number of allylic oxidation sites excluding steroid dienone is 2. The van der Waals surface area contributed by atoms with Crippen molar-refractivity contribution in [2.24, 2.45) is 56.7 Å². The van der Waals surface area contributed by atoms with Crippen LogP contribution in [0.3, 0.4) is 0 Å². The molecule has 0 aromatic heterocycles. The Morgan fingerprint density at radius 3 is 2.27 bits per heavy atom. The van der Waals surface area contributed by atoms with E-state index < -0.39 is 60.2 Å². The molecule has 1 heterocycles. The van der Waals surface area contributed by atoms with E-state index in [0.717, 1.165) is 51.4 Å². The Hall–Kier alpha value is -1.07. The van der Waals surface area contributed by atoms with Gasteiger partial charge in [0.25, 0.3) is 0 Å². The van der Waals surface area contributed by atoms with E-state index in [2.05, 4.69) is 47.6 Å². The average Bonchev–Trinajstić information content (AvgIpc) is 3.00. The van der Waals surface area contributed by atoms with Gasteiger partial charge in [-0.3, -0.25) is 4.79 Å². The normalized spacial score (nSPS) is 56.2. The molecule has 45 heavy (non-hydrogen) atoms. The molecule has 9 heteroatoms. The molecule has 0 spiro atoms. The molecule has 6 aliphatic rings. The minimum Gasteiger partial charge on any atom is -0.481 e. The number of carbonyl (C=O) groups is 1. The Kier molecular flexibility index (Phi) is 8.45. The highest BCUT2D eigenvalue weighted by Gasteiger charge is 2.70. The Labute approximate surface area is 268 Å². The topological polar surface area (TPSA) is 157 Å². The fourth-order valence-electron chi connectivity index (χ4n) is 12.4. The summed E-state index contributed by atoms with van der Waals surface area (Å²) < 4.78 is 12.1. The van der Waals surface area contributed by atoms with Crippen molar-refractivity contribution in [1.29, 1.82) is 0 Å². The highest BCUT2D eigenvalue weighted by atomic mass is 16.7. The van der Waals surface area contributed by atoms with Gasteiger partial charge in [-0.1, -0.05) is 53.2 Å². The second kappa shape index (κ2) is 11.2. The van der Waals surface area contributed by atoms with Crippen molar-refractivity contribution in [1.82, 2.24) is 0 Å². The zero-order valence-electron chi connectivity index (χ0n) is 28.1. The molecular formula is C36H58O9. The van der Waals surface area contributed by atoms with Crippen molar-refractivity contribution >= 4 is 5.97 Å². The van der Waals surface area contributed by atoms with Gasteiger partial charge in [0.05, 0.1) is 24.7 Å². The molecule has 0 aromatic rings. The van der Waals surface area contributed by atoms with Gasteiger partial charge in [0.1, 0.15) is 24.4 Å². The molecule has 6 N–H and O–H groups in total. The third-order valence-electron chi connectivity index (χ3n) is 15.6. The second-order valence-electron chi connectivity index (χ2n) is 17.1. The number of hydrogen-bond acceptors (Lipinski definition) is 8. The van der Waals surface area contributed by atoms with Gasteiger partial charge in [-0.2, -0.15) is 0 Å². The quantitative estimate of drug-likeness (QED) is 0.195. The van der Waals surface area contributed by atoms with Crippen LogP contribution in [-0.2, 0) is 14.3 Å². The van der Waals surface area contributed by atoms with E-state index in [0.29, 0.717) is 24.2 Å². The summed E-state index contributed by atoms with van der Waals surface area (Å²) in [5.74, 6) is 0.741. The van der Waals surface area contributed by atoms with Crippen LogP contribution in [0.4, 0.5) is 0 Å². The van der Waals surface area contributed by atoms with E-state index in [1.807, 2.05) is 0 Å². The van der Waals surface area contributed by atoms with Gasteiger partial charge >= 0.3 is 5.97 Å². The van der Waals surface area contributed by atoms with Crippen LogP contribution in [0.15, 0.2) is 11.6 Å². The maximum Gasteiger partial charge on any atom is 0.310 e. The molecule has 256 valence electrons. The minimum absolute atomic E-state index is 0.0191. The first-order chi connectivity index (χ1) is 21.1. The summed E-state index contributed by atoms with van der Waals surface area (Å²) in [5.41, 5.74) is -0.127. The lowest BCUT2D eigenvalue weighted by Crippen LogP contribution is -2.67. The van der Waals surface area contributed by atoms with Gasteiger partial charge in [-0.25, -0.2) is 0 Å². The first-order valence-corrected chi connectivity index (χ1v) is 17.6. The maximum atomic E-state index is 13.0. The Morgan fingerprint density at radius 1 is 0.911 bits per heavy atom.